The number of carbonyl (C=O) groups is 1. The van der Waals surface area contributed by atoms with Crippen LogP contribution in [0.3, 0.4) is 0 Å². The molecule has 0 aliphatic rings. The maximum Gasteiger partial charge on any atom is 0.305 e. The molecule has 0 unspecified atom stereocenters. The van der Waals surface area contributed by atoms with Crippen LogP contribution >= 0.6 is 23.2 Å². The van der Waals surface area contributed by atoms with Crippen molar-refractivity contribution in [1.82, 2.24) is 4.72 Å². The number of hydrogen-bond acceptors (Lipinski definition) is 3. The van der Waals surface area contributed by atoms with Gasteiger partial charge in [0.05, 0.1) is 17.4 Å². The van der Waals surface area contributed by atoms with Gasteiger partial charge in [0.2, 0.25) is 10.0 Å². The van der Waals surface area contributed by atoms with Crippen LogP contribution in [0.25, 0.3) is 0 Å². The SMILES string of the molecule is O=C(O)C[C@@H](NS(=O)(=O)c1ccc(Cl)cc1)c1ccc(Cl)cc1. The van der Waals surface area contributed by atoms with Gasteiger partial charge in [0.25, 0.3) is 0 Å². The van der Waals surface area contributed by atoms with E-state index < -0.39 is 28.5 Å². The standard InChI is InChI=1S/C15H13Cl2NO4S/c16-11-3-1-10(2-4-11)14(9-15(19)20)18-23(21,22)13-7-5-12(17)6-8-13/h1-8,14,18H,9H2,(H,19,20)/t14-/m1/s1. The van der Waals surface area contributed by atoms with Crippen LogP contribution in [0.5, 0.6) is 0 Å². The van der Waals surface area contributed by atoms with Gasteiger partial charge >= 0.3 is 5.97 Å². The van der Waals surface area contributed by atoms with Gasteiger partial charge in [-0.25, -0.2) is 13.1 Å². The van der Waals surface area contributed by atoms with Crippen LogP contribution in [-0.4, -0.2) is 19.5 Å². The van der Waals surface area contributed by atoms with E-state index in [0.29, 0.717) is 15.6 Å². The number of aliphatic carboxylic acids is 1. The topological polar surface area (TPSA) is 83.5 Å². The molecule has 5 nitrogen and oxygen atoms in total. The van der Waals surface area contributed by atoms with Crippen molar-refractivity contribution in [2.24, 2.45) is 0 Å². The maximum atomic E-state index is 12.4. The van der Waals surface area contributed by atoms with Crippen LogP contribution in [0.2, 0.25) is 10.0 Å². The van der Waals surface area contributed by atoms with Crippen molar-refractivity contribution >= 4 is 39.2 Å². The number of nitrogens with one attached hydrogen (secondary N) is 1. The van der Waals surface area contributed by atoms with Gasteiger partial charge < -0.3 is 5.11 Å². The molecule has 0 radical (unpaired) electrons. The Morgan fingerprint density at radius 1 is 1.00 bits per heavy atom. The Morgan fingerprint density at radius 3 is 1.96 bits per heavy atom. The largest absolute Gasteiger partial charge is 0.481 e. The van der Waals surface area contributed by atoms with E-state index in [2.05, 4.69) is 4.72 Å². The number of halogens is 2. The summed E-state index contributed by atoms with van der Waals surface area (Å²) in [5.41, 5.74) is 0.509. The lowest BCUT2D eigenvalue weighted by atomic mass is 10.1. The number of hydrogen-bond donors (Lipinski definition) is 2. The molecule has 2 aromatic carbocycles. The van der Waals surface area contributed by atoms with Crippen molar-refractivity contribution in [2.45, 2.75) is 17.4 Å². The second kappa shape index (κ2) is 7.31. The minimum atomic E-state index is -3.89. The first kappa shape index (κ1) is 17.7. The Hall–Kier alpha value is -1.60. The van der Waals surface area contributed by atoms with Crippen LogP contribution < -0.4 is 4.72 Å². The molecule has 0 bridgehead atoms. The molecule has 122 valence electrons. The Bertz CT molecular complexity index is 789. The van der Waals surface area contributed by atoms with Gasteiger partial charge in [-0.1, -0.05) is 35.3 Å². The number of benzene rings is 2. The summed E-state index contributed by atoms with van der Waals surface area (Å²) in [7, 11) is -3.89. The van der Waals surface area contributed by atoms with Gasteiger partial charge in [0.1, 0.15) is 0 Å². The van der Waals surface area contributed by atoms with E-state index in [0.717, 1.165) is 0 Å². The Labute approximate surface area is 143 Å². The minimum Gasteiger partial charge on any atom is -0.481 e. The van der Waals surface area contributed by atoms with E-state index in [1.807, 2.05) is 0 Å². The first-order valence-corrected chi connectivity index (χ1v) is 8.77. The molecule has 0 saturated heterocycles. The van der Waals surface area contributed by atoms with Crippen molar-refractivity contribution in [3.63, 3.8) is 0 Å². The summed E-state index contributed by atoms with van der Waals surface area (Å²) in [6.45, 7) is 0. The molecule has 2 rings (SSSR count). The third-order valence-electron chi connectivity index (χ3n) is 3.07. The first-order valence-electron chi connectivity index (χ1n) is 6.53. The molecule has 0 fully saturated rings. The molecule has 2 N–H and O–H groups in total. The summed E-state index contributed by atoms with van der Waals surface area (Å²) in [5, 5.41) is 9.91. The fraction of sp³-hybridized carbons (Fsp3) is 0.133. The van der Waals surface area contributed by atoms with Gasteiger partial charge in [-0.15, -0.1) is 0 Å². The van der Waals surface area contributed by atoms with Gasteiger partial charge in [0.15, 0.2) is 0 Å². The summed E-state index contributed by atoms with van der Waals surface area (Å²) >= 11 is 11.5. The molecule has 0 heterocycles. The van der Waals surface area contributed by atoms with Gasteiger partial charge in [-0.05, 0) is 42.0 Å². The third kappa shape index (κ3) is 4.94. The molecule has 8 heteroatoms. The number of carboxylic acids is 1. The van der Waals surface area contributed by atoms with Crippen molar-refractivity contribution in [1.29, 1.82) is 0 Å². The highest BCUT2D eigenvalue weighted by atomic mass is 35.5. The molecular formula is C15H13Cl2NO4S. The van der Waals surface area contributed by atoms with E-state index in [9.17, 15) is 13.2 Å². The normalized spacial score (nSPS) is 12.8. The van der Waals surface area contributed by atoms with Crippen molar-refractivity contribution < 1.29 is 18.3 Å². The summed E-state index contributed by atoms with van der Waals surface area (Å²) in [4.78, 5) is 11.0. The van der Waals surface area contributed by atoms with E-state index in [-0.39, 0.29) is 4.90 Å². The van der Waals surface area contributed by atoms with Crippen LogP contribution in [0.1, 0.15) is 18.0 Å². The highest BCUT2D eigenvalue weighted by molar-refractivity contribution is 7.89. The average Bonchev–Trinajstić information content (AvgIpc) is 2.47. The molecular weight excluding hydrogens is 361 g/mol. The van der Waals surface area contributed by atoms with Crippen molar-refractivity contribution in [2.75, 3.05) is 0 Å². The molecule has 23 heavy (non-hydrogen) atoms. The highest BCUT2D eigenvalue weighted by Crippen LogP contribution is 2.23. The minimum absolute atomic E-state index is 0.00579. The van der Waals surface area contributed by atoms with Crippen LogP contribution in [0, 0.1) is 0 Å². The lowest BCUT2D eigenvalue weighted by Crippen LogP contribution is -2.30. The van der Waals surface area contributed by atoms with E-state index >= 15 is 0 Å². The summed E-state index contributed by atoms with van der Waals surface area (Å²) in [5.74, 6) is -1.12. The summed E-state index contributed by atoms with van der Waals surface area (Å²) in [6.07, 6.45) is -0.394. The van der Waals surface area contributed by atoms with E-state index in [1.54, 1.807) is 24.3 Å². The fourth-order valence-electron chi connectivity index (χ4n) is 1.97. The number of carboxylic acid groups (broad SMARTS) is 1. The Balaban J connectivity index is 2.31. The monoisotopic (exact) mass is 373 g/mol. The van der Waals surface area contributed by atoms with E-state index in [1.165, 1.54) is 24.3 Å². The number of sulfonamides is 1. The van der Waals surface area contributed by atoms with Crippen LogP contribution in [-0.2, 0) is 14.8 Å². The molecule has 0 aliphatic heterocycles. The lowest BCUT2D eigenvalue weighted by Gasteiger charge is -2.17. The average molecular weight is 374 g/mol. The molecule has 0 saturated carbocycles. The zero-order chi connectivity index (χ0) is 17.0. The Kier molecular flexibility index (Phi) is 5.64. The smallest absolute Gasteiger partial charge is 0.305 e. The predicted molar refractivity (Wildman–Crippen MR) is 88.2 cm³/mol. The van der Waals surface area contributed by atoms with Crippen molar-refractivity contribution in [3.05, 3.63) is 64.1 Å². The molecule has 0 aliphatic carbocycles. The van der Waals surface area contributed by atoms with Crippen LogP contribution in [0.15, 0.2) is 53.4 Å². The zero-order valence-electron chi connectivity index (χ0n) is 11.7. The molecule has 2 aromatic rings. The zero-order valence-corrected chi connectivity index (χ0v) is 14.1. The maximum absolute atomic E-state index is 12.4. The summed E-state index contributed by atoms with van der Waals surface area (Å²) in [6, 6.07) is 11.0. The van der Waals surface area contributed by atoms with E-state index in [4.69, 9.17) is 28.3 Å². The molecule has 0 amide bonds. The molecule has 1 atom stereocenters. The Morgan fingerprint density at radius 2 is 1.48 bits per heavy atom. The van der Waals surface area contributed by atoms with Crippen LogP contribution in [0.4, 0.5) is 0 Å². The van der Waals surface area contributed by atoms with Gasteiger partial charge in [0, 0.05) is 10.0 Å². The predicted octanol–water partition coefficient (Wildman–Crippen LogP) is 3.49. The summed E-state index contributed by atoms with van der Waals surface area (Å²) < 4.78 is 27.2. The highest BCUT2D eigenvalue weighted by Gasteiger charge is 2.23. The second-order valence-electron chi connectivity index (χ2n) is 4.78. The van der Waals surface area contributed by atoms with Crippen molar-refractivity contribution in [3.8, 4) is 0 Å². The number of rotatable bonds is 6. The second-order valence-corrected chi connectivity index (χ2v) is 7.36. The lowest BCUT2D eigenvalue weighted by molar-refractivity contribution is -0.137. The molecule has 0 spiro atoms. The fourth-order valence-corrected chi connectivity index (χ4v) is 3.44. The first-order chi connectivity index (χ1) is 10.8. The molecule has 0 aromatic heterocycles. The quantitative estimate of drug-likeness (QED) is 0.811. The van der Waals surface area contributed by atoms with Gasteiger partial charge in [-0.2, -0.15) is 0 Å². The van der Waals surface area contributed by atoms with Gasteiger partial charge in [-0.3, -0.25) is 4.79 Å². The third-order valence-corrected chi connectivity index (χ3v) is 5.06.